The van der Waals surface area contributed by atoms with Gasteiger partial charge in [-0.2, -0.15) is 0 Å². The van der Waals surface area contributed by atoms with Crippen molar-refractivity contribution < 1.29 is 0 Å². The quantitative estimate of drug-likeness (QED) is 0.673. The van der Waals surface area contributed by atoms with Gasteiger partial charge in [0.25, 0.3) is 0 Å². The van der Waals surface area contributed by atoms with E-state index in [2.05, 4.69) is 41.4 Å². The van der Waals surface area contributed by atoms with Crippen LogP contribution in [0.3, 0.4) is 0 Å². The molecule has 5 nitrogen and oxygen atoms in total. The van der Waals surface area contributed by atoms with Crippen molar-refractivity contribution in [3.8, 4) is 0 Å². The molecule has 0 saturated carbocycles. The fourth-order valence-electron chi connectivity index (χ4n) is 1.25. The van der Waals surface area contributed by atoms with Gasteiger partial charge in [-0.05, 0) is 25.8 Å². The minimum absolute atomic E-state index is 0.417. The summed E-state index contributed by atoms with van der Waals surface area (Å²) >= 11 is 0. The van der Waals surface area contributed by atoms with E-state index in [1.165, 1.54) is 0 Å². The molecule has 0 aliphatic carbocycles. The van der Waals surface area contributed by atoms with Crippen molar-refractivity contribution in [3.05, 3.63) is 12.4 Å². The zero-order valence-electron chi connectivity index (χ0n) is 10.9. The van der Waals surface area contributed by atoms with Crippen LogP contribution in [0.2, 0.25) is 0 Å². The zero-order valence-corrected chi connectivity index (χ0v) is 10.9. The molecule has 96 valence electrons. The van der Waals surface area contributed by atoms with E-state index in [1.807, 2.05) is 6.07 Å². The van der Waals surface area contributed by atoms with Crippen LogP contribution < -0.4 is 16.4 Å². The van der Waals surface area contributed by atoms with Crippen molar-refractivity contribution >= 4 is 11.6 Å². The third-order valence-electron chi connectivity index (χ3n) is 2.71. The summed E-state index contributed by atoms with van der Waals surface area (Å²) in [6.45, 7) is 7.88. The lowest BCUT2D eigenvalue weighted by molar-refractivity contribution is 0.627. The molecule has 1 aromatic rings. The van der Waals surface area contributed by atoms with Crippen LogP contribution in [0.1, 0.15) is 27.2 Å². The van der Waals surface area contributed by atoms with Crippen LogP contribution in [0.15, 0.2) is 12.4 Å². The Kier molecular flexibility index (Phi) is 5.69. The lowest BCUT2D eigenvalue weighted by atomic mass is 10.2. The summed E-state index contributed by atoms with van der Waals surface area (Å²) in [7, 11) is 0. The largest absolute Gasteiger partial charge is 0.370 e. The smallest absolute Gasteiger partial charge is 0.131 e. The number of nitrogens with zero attached hydrogens (tertiary/aromatic N) is 2. The van der Waals surface area contributed by atoms with Crippen LogP contribution >= 0.6 is 0 Å². The van der Waals surface area contributed by atoms with E-state index in [1.54, 1.807) is 6.33 Å². The van der Waals surface area contributed by atoms with E-state index in [4.69, 9.17) is 5.73 Å². The molecule has 0 aliphatic rings. The molecule has 5 heteroatoms. The van der Waals surface area contributed by atoms with Gasteiger partial charge >= 0.3 is 0 Å². The van der Waals surface area contributed by atoms with Crippen LogP contribution in [-0.2, 0) is 0 Å². The van der Waals surface area contributed by atoms with Crippen molar-refractivity contribution in [2.75, 3.05) is 23.7 Å². The monoisotopic (exact) mass is 237 g/mol. The van der Waals surface area contributed by atoms with E-state index in [9.17, 15) is 0 Å². The van der Waals surface area contributed by atoms with E-state index in [0.29, 0.717) is 18.5 Å². The summed E-state index contributed by atoms with van der Waals surface area (Å²) in [6, 6.07) is 2.34. The number of rotatable bonds is 7. The summed E-state index contributed by atoms with van der Waals surface area (Å²) in [5, 5.41) is 6.57. The summed E-state index contributed by atoms with van der Waals surface area (Å²) in [4.78, 5) is 8.36. The van der Waals surface area contributed by atoms with E-state index in [-0.39, 0.29) is 0 Å². The second-order valence-corrected chi connectivity index (χ2v) is 4.46. The van der Waals surface area contributed by atoms with Gasteiger partial charge in [-0.25, -0.2) is 9.97 Å². The van der Waals surface area contributed by atoms with Crippen molar-refractivity contribution in [3.63, 3.8) is 0 Å². The highest BCUT2D eigenvalue weighted by atomic mass is 15.1. The Bertz CT molecular complexity index is 328. The standard InChI is InChI=1S/C12H23N5/c1-4-10(3)17-12-5-11(15-8-16-12)14-7-9(2)6-13/h5,8-10H,4,6-7,13H2,1-3H3,(H2,14,15,16,17). The maximum Gasteiger partial charge on any atom is 0.131 e. The van der Waals surface area contributed by atoms with E-state index >= 15 is 0 Å². The number of anilines is 2. The Morgan fingerprint density at radius 2 is 2.00 bits per heavy atom. The highest BCUT2D eigenvalue weighted by Crippen LogP contribution is 2.11. The zero-order chi connectivity index (χ0) is 12.7. The van der Waals surface area contributed by atoms with Gasteiger partial charge in [-0.3, -0.25) is 0 Å². The van der Waals surface area contributed by atoms with Crippen molar-refractivity contribution in [2.45, 2.75) is 33.2 Å². The first-order chi connectivity index (χ1) is 8.15. The minimum atomic E-state index is 0.417. The van der Waals surface area contributed by atoms with Crippen LogP contribution in [0.4, 0.5) is 11.6 Å². The first-order valence-corrected chi connectivity index (χ1v) is 6.18. The maximum atomic E-state index is 5.56. The SMILES string of the molecule is CCC(C)Nc1cc(NCC(C)CN)ncn1. The van der Waals surface area contributed by atoms with Gasteiger partial charge in [0.05, 0.1) is 0 Å². The van der Waals surface area contributed by atoms with Gasteiger partial charge in [-0.15, -0.1) is 0 Å². The molecule has 2 atom stereocenters. The predicted molar refractivity (Wildman–Crippen MR) is 72.1 cm³/mol. The van der Waals surface area contributed by atoms with E-state index in [0.717, 1.165) is 24.6 Å². The van der Waals surface area contributed by atoms with Crippen molar-refractivity contribution in [2.24, 2.45) is 11.7 Å². The number of nitrogens with one attached hydrogen (secondary N) is 2. The average molecular weight is 237 g/mol. The topological polar surface area (TPSA) is 75.9 Å². The fourth-order valence-corrected chi connectivity index (χ4v) is 1.25. The normalized spacial score (nSPS) is 14.1. The second kappa shape index (κ2) is 7.06. The molecule has 4 N–H and O–H groups in total. The predicted octanol–water partition coefficient (Wildman–Crippen LogP) is 1.69. The van der Waals surface area contributed by atoms with Crippen LogP contribution in [-0.4, -0.2) is 29.1 Å². The van der Waals surface area contributed by atoms with Crippen molar-refractivity contribution in [1.82, 2.24) is 9.97 Å². The molecule has 0 fully saturated rings. The first kappa shape index (κ1) is 13.7. The molecule has 1 rings (SSSR count). The Hall–Kier alpha value is -1.36. The van der Waals surface area contributed by atoms with Crippen molar-refractivity contribution in [1.29, 1.82) is 0 Å². The molecule has 0 radical (unpaired) electrons. The average Bonchev–Trinajstić information content (AvgIpc) is 2.36. The summed E-state index contributed by atoms with van der Waals surface area (Å²) in [5.41, 5.74) is 5.56. The van der Waals surface area contributed by atoms with Gasteiger partial charge in [-0.1, -0.05) is 13.8 Å². The molecule has 17 heavy (non-hydrogen) atoms. The number of nitrogens with two attached hydrogens (primary N) is 1. The third-order valence-corrected chi connectivity index (χ3v) is 2.71. The van der Waals surface area contributed by atoms with Gasteiger partial charge in [0.15, 0.2) is 0 Å². The number of hydrogen-bond acceptors (Lipinski definition) is 5. The second-order valence-electron chi connectivity index (χ2n) is 4.46. The fraction of sp³-hybridized carbons (Fsp3) is 0.667. The lowest BCUT2D eigenvalue weighted by Gasteiger charge is -2.14. The Balaban J connectivity index is 2.53. The summed E-state index contributed by atoms with van der Waals surface area (Å²) in [6.07, 6.45) is 2.64. The minimum Gasteiger partial charge on any atom is -0.370 e. The Morgan fingerprint density at radius 1 is 1.29 bits per heavy atom. The molecular weight excluding hydrogens is 214 g/mol. The molecule has 0 aromatic carbocycles. The summed E-state index contributed by atoms with van der Waals surface area (Å²) < 4.78 is 0. The molecule has 0 bridgehead atoms. The maximum absolute atomic E-state index is 5.56. The van der Waals surface area contributed by atoms with Crippen LogP contribution in [0.25, 0.3) is 0 Å². The summed E-state index contributed by atoms with van der Waals surface area (Å²) in [5.74, 6) is 2.14. The van der Waals surface area contributed by atoms with Gasteiger partial charge in [0.1, 0.15) is 18.0 Å². The van der Waals surface area contributed by atoms with E-state index < -0.39 is 0 Å². The molecule has 0 saturated heterocycles. The molecule has 2 unspecified atom stereocenters. The molecule has 1 aromatic heterocycles. The molecule has 0 amide bonds. The number of aromatic nitrogens is 2. The lowest BCUT2D eigenvalue weighted by Crippen LogP contribution is -2.20. The molecule has 0 aliphatic heterocycles. The first-order valence-electron chi connectivity index (χ1n) is 6.18. The van der Waals surface area contributed by atoms with Crippen LogP contribution in [0, 0.1) is 5.92 Å². The third kappa shape index (κ3) is 4.99. The highest BCUT2D eigenvalue weighted by molar-refractivity contribution is 5.46. The Morgan fingerprint density at radius 3 is 2.65 bits per heavy atom. The van der Waals surface area contributed by atoms with Gasteiger partial charge < -0.3 is 16.4 Å². The molecule has 0 spiro atoms. The Labute approximate surface area is 103 Å². The highest BCUT2D eigenvalue weighted by Gasteiger charge is 2.03. The molecule has 1 heterocycles. The molecular formula is C12H23N5. The number of hydrogen-bond donors (Lipinski definition) is 3. The van der Waals surface area contributed by atoms with Gasteiger partial charge in [0.2, 0.25) is 0 Å². The van der Waals surface area contributed by atoms with Gasteiger partial charge in [0, 0.05) is 18.7 Å². The van der Waals surface area contributed by atoms with Crippen LogP contribution in [0.5, 0.6) is 0 Å².